The van der Waals surface area contributed by atoms with E-state index in [2.05, 4.69) is 17.2 Å². The average Bonchev–Trinajstić information content (AvgIpc) is 3.62. The lowest BCUT2D eigenvalue weighted by molar-refractivity contribution is -0.121. The maximum absolute atomic E-state index is 12.6. The molecule has 0 fully saturated rings. The first kappa shape index (κ1) is 33.7. The van der Waals surface area contributed by atoms with Crippen LogP contribution in [-0.2, 0) is 24.1 Å². The molecule has 2 bridgehead atoms. The third-order valence-electron chi connectivity index (χ3n) is 9.51. The highest BCUT2D eigenvalue weighted by molar-refractivity contribution is 6.09. The third-order valence-corrected chi connectivity index (χ3v) is 9.51. The smallest absolute Gasteiger partial charge is 0.183 e. The second-order valence-electron chi connectivity index (χ2n) is 13.0. The van der Waals surface area contributed by atoms with Gasteiger partial charge in [0.25, 0.3) is 0 Å². The largest absolute Gasteiger partial charge is 0.508 e. The summed E-state index contributed by atoms with van der Waals surface area (Å²) >= 11 is 0. The van der Waals surface area contributed by atoms with Crippen LogP contribution in [0.25, 0.3) is 0 Å². The van der Waals surface area contributed by atoms with Gasteiger partial charge in [-0.15, -0.1) is 0 Å². The van der Waals surface area contributed by atoms with E-state index < -0.39 is 24.5 Å². The molecule has 2 aromatic rings. The van der Waals surface area contributed by atoms with Crippen molar-refractivity contribution in [3.8, 4) is 29.1 Å². The summed E-state index contributed by atoms with van der Waals surface area (Å²) in [6.07, 6.45) is 3.54. The number of phenolic OH excluding ortho intramolecular Hbond substituents is 2. The van der Waals surface area contributed by atoms with E-state index in [9.17, 15) is 30.3 Å². The highest BCUT2D eigenvalue weighted by Crippen LogP contribution is 2.38. The van der Waals surface area contributed by atoms with Gasteiger partial charge in [-0.1, -0.05) is 37.3 Å². The fourth-order valence-corrected chi connectivity index (χ4v) is 6.98. The maximum Gasteiger partial charge on any atom is 0.183 e. The van der Waals surface area contributed by atoms with E-state index in [-0.39, 0.29) is 61.3 Å². The fourth-order valence-electron chi connectivity index (χ4n) is 6.98. The molecule has 254 valence electrons. The molecule has 5 atom stereocenters. The molecule has 6 rings (SSSR count). The number of hydrogen-bond donors (Lipinski definition) is 7. The van der Waals surface area contributed by atoms with Crippen molar-refractivity contribution in [2.24, 2.45) is 10.7 Å². The Hall–Kier alpha value is -4.18. The zero-order chi connectivity index (χ0) is 33.9. The number of hydrogen-bond acceptors (Lipinski definition) is 11. The van der Waals surface area contributed by atoms with Crippen LogP contribution < -0.4 is 15.8 Å². The average molecular weight is 657 g/mol. The number of aromatic hydroxyl groups is 2. The highest BCUT2D eigenvalue weighted by Gasteiger charge is 2.33. The van der Waals surface area contributed by atoms with E-state index in [1.165, 1.54) is 12.1 Å². The van der Waals surface area contributed by atoms with E-state index in [0.29, 0.717) is 24.9 Å². The van der Waals surface area contributed by atoms with Crippen molar-refractivity contribution in [1.29, 1.82) is 0 Å². The number of nitrogens with two attached hydrogens (primary N) is 1. The molecule has 4 heterocycles. The number of aliphatic hydroxyl groups excluding tert-OH is 3. The van der Waals surface area contributed by atoms with Crippen LogP contribution in [0.4, 0.5) is 0 Å². The Kier molecular flexibility index (Phi) is 10.2. The van der Waals surface area contributed by atoms with Gasteiger partial charge in [0, 0.05) is 49.8 Å². The predicted octanol–water partition coefficient (Wildman–Crippen LogP) is 2.93. The number of fused-ring (bicyclic) bond motifs is 4. The quantitative estimate of drug-likeness (QED) is 0.178. The van der Waals surface area contributed by atoms with Crippen LogP contribution in [0, 0.1) is 11.8 Å². The van der Waals surface area contributed by atoms with Gasteiger partial charge in [0.2, 0.25) is 0 Å². The molecule has 0 radical (unpaired) electrons. The lowest BCUT2D eigenvalue weighted by Gasteiger charge is -2.29. The first-order valence-electron chi connectivity index (χ1n) is 16.7. The summed E-state index contributed by atoms with van der Waals surface area (Å²) in [5, 5.41) is 56.1. The molecule has 0 spiro atoms. The van der Waals surface area contributed by atoms with E-state index in [1.54, 1.807) is 0 Å². The first-order valence-corrected chi connectivity index (χ1v) is 16.7. The summed E-state index contributed by atoms with van der Waals surface area (Å²) in [6, 6.07) is 6.58. The highest BCUT2D eigenvalue weighted by atomic mass is 16.5. The van der Waals surface area contributed by atoms with Crippen molar-refractivity contribution in [3.05, 3.63) is 75.6 Å². The second kappa shape index (κ2) is 14.5. The third kappa shape index (κ3) is 7.28. The molecule has 4 aliphatic heterocycles. The fraction of sp³-hybridized carbons (Fsp3) is 0.459. The zero-order valence-corrected chi connectivity index (χ0v) is 27.2. The molecule has 8 N–H and O–H groups in total. The monoisotopic (exact) mass is 656 g/mol. The minimum absolute atomic E-state index is 0.0613. The van der Waals surface area contributed by atoms with Crippen LogP contribution in [-0.4, -0.2) is 73.5 Å². The number of ether oxygens (including phenoxy) is 1. The van der Waals surface area contributed by atoms with Crippen molar-refractivity contribution >= 4 is 11.5 Å². The van der Waals surface area contributed by atoms with E-state index in [0.717, 1.165) is 58.5 Å². The minimum atomic E-state index is -1.03. The molecule has 11 nitrogen and oxygen atoms in total. The molecule has 48 heavy (non-hydrogen) atoms. The van der Waals surface area contributed by atoms with Crippen LogP contribution in [0.3, 0.4) is 0 Å². The molecular formula is C37H44N4O7. The summed E-state index contributed by atoms with van der Waals surface area (Å²) in [5.74, 6) is 5.58. The molecule has 0 aromatic heterocycles. The molecule has 2 aromatic carbocycles. The molecule has 0 unspecified atom stereocenters. The van der Waals surface area contributed by atoms with Crippen molar-refractivity contribution in [2.75, 3.05) is 13.1 Å². The van der Waals surface area contributed by atoms with Crippen LogP contribution in [0.1, 0.15) is 85.5 Å². The Bertz CT molecular complexity index is 1720. The van der Waals surface area contributed by atoms with Gasteiger partial charge in [0.05, 0.1) is 37.1 Å². The zero-order valence-electron chi connectivity index (χ0n) is 27.2. The number of aliphatic imine (C=N–C) groups is 1. The van der Waals surface area contributed by atoms with E-state index >= 15 is 0 Å². The Morgan fingerprint density at radius 2 is 1.98 bits per heavy atom. The number of carbonyl (C=O) groups is 1. The minimum Gasteiger partial charge on any atom is -0.508 e. The summed E-state index contributed by atoms with van der Waals surface area (Å²) in [7, 11) is 0. The Morgan fingerprint density at radius 3 is 2.79 bits per heavy atom. The van der Waals surface area contributed by atoms with Gasteiger partial charge >= 0.3 is 0 Å². The van der Waals surface area contributed by atoms with Crippen LogP contribution in [0.15, 0.2) is 52.8 Å². The number of benzene rings is 2. The van der Waals surface area contributed by atoms with Crippen LogP contribution >= 0.6 is 0 Å². The standard InChI is InChI=1S/C37H44N4O7/c1-2-4-23(42)15-25(44)16-24(43)8-7-21-14-35(34(47)17-33(21)46)48-36-6-3-5-32(45)27-9-10-28-26(11-12-39-37(28)38)29(27)13-22-18-40-31-20-41(36)19-30(22)31/h9-10,14,17-19,23,25,32,36-37,39,42,44-47H,2,4,6-8,11-13,15-16,20,38H2,1H3/t23-,25+,32-,36+,37+/m0/s1. The number of aryl methyl sites for hydroxylation is 1. The summed E-state index contributed by atoms with van der Waals surface area (Å²) in [4.78, 5) is 19.3. The van der Waals surface area contributed by atoms with Crippen molar-refractivity contribution in [1.82, 2.24) is 10.2 Å². The van der Waals surface area contributed by atoms with Gasteiger partial charge in [-0.2, -0.15) is 0 Å². The normalized spacial score (nSPS) is 22.5. The lowest BCUT2D eigenvalue weighted by Crippen LogP contribution is -2.36. The van der Waals surface area contributed by atoms with Gasteiger partial charge < -0.3 is 40.9 Å². The molecule has 11 heteroatoms. The number of Topliss-reactive ketones (excluding diaryl/α,β-unsaturated/α-hetero) is 1. The van der Waals surface area contributed by atoms with Crippen molar-refractivity contribution < 1.29 is 35.1 Å². The number of allylic oxidation sites excluding steroid dienone is 1. The molecule has 4 aliphatic rings. The summed E-state index contributed by atoms with van der Waals surface area (Å²) < 4.78 is 6.34. The summed E-state index contributed by atoms with van der Waals surface area (Å²) in [6.45, 7) is 3.16. The molecule has 0 saturated heterocycles. The Balaban J connectivity index is 1.21. The Morgan fingerprint density at radius 1 is 1.17 bits per heavy atom. The Labute approximate surface area is 280 Å². The van der Waals surface area contributed by atoms with E-state index in [1.807, 2.05) is 36.4 Å². The lowest BCUT2D eigenvalue weighted by atomic mass is 9.84. The molecular weight excluding hydrogens is 612 g/mol. The van der Waals surface area contributed by atoms with E-state index in [4.69, 9.17) is 15.5 Å². The second-order valence-corrected chi connectivity index (χ2v) is 13.0. The predicted molar refractivity (Wildman–Crippen MR) is 180 cm³/mol. The van der Waals surface area contributed by atoms with Crippen molar-refractivity contribution in [2.45, 2.75) is 95.4 Å². The van der Waals surface area contributed by atoms with Gasteiger partial charge in [-0.05, 0) is 65.1 Å². The van der Waals surface area contributed by atoms with Gasteiger partial charge in [-0.3, -0.25) is 15.1 Å². The molecule has 0 saturated carbocycles. The molecule has 0 amide bonds. The summed E-state index contributed by atoms with van der Waals surface area (Å²) in [5.41, 5.74) is 13.6. The van der Waals surface area contributed by atoms with Crippen molar-refractivity contribution in [3.63, 3.8) is 0 Å². The number of phenols is 2. The van der Waals surface area contributed by atoms with Gasteiger partial charge in [-0.25, -0.2) is 0 Å². The number of aliphatic hydroxyl groups is 3. The number of nitrogens with one attached hydrogen (secondary N) is 1. The molecule has 0 aliphatic carbocycles. The SMILES string of the molecule is CCC[C@H](O)C[C@@H](O)CC(=O)CCc1cc(O[C@@H]2CC#C[C@H](O)c3ccc4c(c3CC3=CN=C5CN2C=C35)CCN[C@H]4N)c(O)cc1O. The number of rotatable bonds is 11. The van der Waals surface area contributed by atoms with Gasteiger partial charge in [0.1, 0.15) is 17.6 Å². The van der Waals surface area contributed by atoms with Crippen LogP contribution in [0.2, 0.25) is 0 Å². The van der Waals surface area contributed by atoms with Crippen LogP contribution in [0.5, 0.6) is 17.2 Å². The van der Waals surface area contributed by atoms with Gasteiger partial charge in [0.15, 0.2) is 17.7 Å². The topological polar surface area (TPSA) is 181 Å². The first-order chi connectivity index (χ1) is 23.1. The number of carbonyl (C=O) groups excluding carboxylic acids is 1. The maximum atomic E-state index is 12.6. The number of nitrogens with zero attached hydrogens (tertiary/aromatic N) is 2. The number of ketones is 1.